The van der Waals surface area contributed by atoms with Crippen LogP contribution in [0.5, 0.6) is 0 Å². The number of anilines is 1. The van der Waals surface area contributed by atoms with E-state index in [1.807, 2.05) is 17.0 Å². The van der Waals surface area contributed by atoms with Gasteiger partial charge < -0.3 is 10.2 Å². The smallest absolute Gasteiger partial charge is 0.227 e. The maximum Gasteiger partial charge on any atom is 0.227 e. The van der Waals surface area contributed by atoms with E-state index in [1.54, 1.807) is 0 Å². The summed E-state index contributed by atoms with van der Waals surface area (Å²) in [6, 6.07) is 8.59. The Labute approximate surface area is 128 Å². The fraction of sp³-hybridized carbons (Fsp3) is 0.611. The van der Waals surface area contributed by atoms with Crippen LogP contribution in [0.25, 0.3) is 0 Å². The average Bonchev–Trinajstić information content (AvgIpc) is 2.67. The molecule has 1 unspecified atom stereocenters. The molecule has 1 aromatic rings. The molecule has 1 aliphatic rings. The summed E-state index contributed by atoms with van der Waals surface area (Å²) in [4.78, 5) is 14.6. The first-order chi connectivity index (χ1) is 10.2. The summed E-state index contributed by atoms with van der Waals surface area (Å²) in [5.41, 5.74) is 2.31. The van der Waals surface area contributed by atoms with Crippen molar-refractivity contribution in [1.82, 2.24) is 5.32 Å². The third-order valence-electron chi connectivity index (χ3n) is 4.18. The van der Waals surface area contributed by atoms with Crippen molar-refractivity contribution in [3.8, 4) is 0 Å². The summed E-state index contributed by atoms with van der Waals surface area (Å²) in [7, 11) is 0. The summed E-state index contributed by atoms with van der Waals surface area (Å²) in [5.74, 6) is 0.273. The van der Waals surface area contributed by atoms with Gasteiger partial charge in [-0.2, -0.15) is 0 Å². The normalized spacial score (nSPS) is 18.2. The third kappa shape index (κ3) is 4.57. The predicted octanol–water partition coefficient (Wildman–Crippen LogP) is 3.87. The SMILES string of the molecule is CCCCCCCC(=O)N1CC(C)NCc2ccccc21. The van der Waals surface area contributed by atoms with E-state index in [0.717, 1.165) is 25.2 Å². The van der Waals surface area contributed by atoms with Gasteiger partial charge in [-0.1, -0.05) is 50.8 Å². The molecule has 1 N–H and O–H groups in total. The molecule has 3 heteroatoms. The van der Waals surface area contributed by atoms with Gasteiger partial charge in [0.1, 0.15) is 0 Å². The van der Waals surface area contributed by atoms with Gasteiger partial charge in [-0.05, 0) is 25.0 Å². The molecule has 0 aromatic heterocycles. The number of fused-ring (bicyclic) bond motifs is 1. The van der Waals surface area contributed by atoms with Gasteiger partial charge in [0, 0.05) is 31.2 Å². The second-order valence-electron chi connectivity index (χ2n) is 6.08. The van der Waals surface area contributed by atoms with E-state index in [9.17, 15) is 4.79 Å². The van der Waals surface area contributed by atoms with Crippen LogP contribution in [-0.2, 0) is 11.3 Å². The Hall–Kier alpha value is -1.35. The van der Waals surface area contributed by atoms with Crippen LogP contribution in [0.15, 0.2) is 24.3 Å². The van der Waals surface area contributed by atoms with E-state index in [2.05, 4.69) is 31.3 Å². The molecule has 1 atom stereocenters. The van der Waals surface area contributed by atoms with E-state index in [0.29, 0.717) is 12.5 Å². The molecule has 2 rings (SSSR count). The van der Waals surface area contributed by atoms with Gasteiger partial charge in [-0.25, -0.2) is 0 Å². The molecule has 116 valence electrons. The molecule has 1 amide bonds. The molecule has 0 saturated heterocycles. The van der Waals surface area contributed by atoms with Crippen LogP contribution in [0.1, 0.15) is 57.9 Å². The Morgan fingerprint density at radius 1 is 1.24 bits per heavy atom. The first-order valence-corrected chi connectivity index (χ1v) is 8.34. The van der Waals surface area contributed by atoms with Crippen molar-refractivity contribution < 1.29 is 4.79 Å². The van der Waals surface area contributed by atoms with Crippen molar-refractivity contribution in [2.24, 2.45) is 0 Å². The summed E-state index contributed by atoms with van der Waals surface area (Å²) in [6.07, 6.45) is 6.63. The highest BCUT2D eigenvalue weighted by atomic mass is 16.2. The highest BCUT2D eigenvalue weighted by molar-refractivity contribution is 5.94. The van der Waals surface area contributed by atoms with Crippen molar-refractivity contribution in [1.29, 1.82) is 0 Å². The van der Waals surface area contributed by atoms with Crippen LogP contribution < -0.4 is 10.2 Å². The minimum Gasteiger partial charge on any atom is -0.311 e. The summed E-state index contributed by atoms with van der Waals surface area (Å²) in [5, 5.41) is 3.48. The molecule has 1 aromatic carbocycles. The first kappa shape index (κ1) is 16.0. The zero-order chi connectivity index (χ0) is 15.1. The number of hydrogen-bond acceptors (Lipinski definition) is 2. The van der Waals surface area contributed by atoms with Crippen LogP contribution in [-0.4, -0.2) is 18.5 Å². The predicted molar refractivity (Wildman–Crippen MR) is 88.5 cm³/mol. The van der Waals surface area contributed by atoms with Crippen LogP contribution in [0.3, 0.4) is 0 Å². The van der Waals surface area contributed by atoms with Crippen LogP contribution in [0, 0.1) is 0 Å². The van der Waals surface area contributed by atoms with Crippen LogP contribution in [0.2, 0.25) is 0 Å². The maximum atomic E-state index is 12.6. The molecule has 0 fully saturated rings. The fourth-order valence-electron chi connectivity index (χ4n) is 2.90. The number of nitrogens with zero attached hydrogens (tertiary/aromatic N) is 1. The van der Waals surface area contributed by atoms with Gasteiger partial charge in [0.05, 0.1) is 0 Å². The number of hydrogen-bond donors (Lipinski definition) is 1. The number of nitrogens with one attached hydrogen (secondary N) is 1. The summed E-state index contributed by atoms with van der Waals surface area (Å²) in [6.45, 7) is 5.98. The lowest BCUT2D eigenvalue weighted by molar-refractivity contribution is -0.118. The van der Waals surface area contributed by atoms with Crippen molar-refractivity contribution in [2.75, 3.05) is 11.4 Å². The molecule has 21 heavy (non-hydrogen) atoms. The summed E-state index contributed by atoms with van der Waals surface area (Å²) >= 11 is 0. The quantitative estimate of drug-likeness (QED) is 0.806. The van der Waals surface area contributed by atoms with Crippen molar-refractivity contribution in [3.63, 3.8) is 0 Å². The molecule has 0 radical (unpaired) electrons. The second kappa shape index (κ2) is 8.18. The topological polar surface area (TPSA) is 32.3 Å². The van der Waals surface area contributed by atoms with E-state index < -0.39 is 0 Å². The highest BCUT2D eigenvalue weighted by Gasteiger charge is 2.23. The van der Waals surface area contributed by atoms with Crippen LogP contribution >= 0.6 is 0 Å². The molecular formula is C18H28N2O. The maximum absolute atomic E-state index is 12.6. The van der Waals surface area contributed by atoms with Gasteiger partial charge >= 0.3 is 0 Å². The van der Waals surface area contributed by atoms with Crippen LogP contribution in [0.4, 0.5) is 5.69 Å². The van der Waals surface area contributed by atoms with Gasteiger partial charge in [-0.3, -0.25) is 4.79 Å². The molecule has 1 aliphatic heterocycles. The van der Waals surface area contributed by atoms with E-state index in [1.165, 1.54) is 31.2 Å². The molecule has 0 aliphatic carbocycles. The standard InChI is InChI=1S/C18H28N2O/c1-3-4-5-6-7-12-18(21)20-14-15(2)19-13-16-10-8-9-11-17(16)20/h8-11,15,19H,3-7,12-14H2,1-2H3. The van der Waals surface area contributed by atoms with E-state index in [-0.39, 0.29) is 5.91 Å². The lowest BCUT2D eigenvalue weighted by Gasteiger charge is -2.24. The molecule has 1 heterocycles. The lowest BCUT2D eigenvalue weighted by atomic mass is 10.1. The zero-order valence-corrected chi connectivity index (χ0v) is 13.4. The first-order valence-electron chi connectivity index (χ1n) is 8.34. The molecular weight excluding hydrogens is 260 g/mol. The lowest BCUT2D eigenvalue weighted by Crippen LogP contribution is -2.39. The Morgan fingerprint density at radius 2 is 2.00 bits per heavy atom. The van der Waals surface area contributed by atoms with Gasteiger partial charge in [0.15, 0.2) is 0 Å². The zero-order valence-electron chi connectivity index (χ0n) is 13.4. The second-order valence-corrected chi connectivity index (χ2v) is 6.08. The Morgan fingerprint density at radius 3 is 2.81 bits per heavy atom. The number of carbonyl (C=O) groups excluding carboxylic acids is 1. The van der Waals surface area contributed by atoms with Crippen molar-refractivity contribution >= 4 is 11.6 Å². The minimum absolute atomic E-state index is 0.273. The van der Waals surface area contributed by atoms with Gasteiger partial charge in [0.25, 0.3) is 0 Å². The van der Waals surface area contributed by atoms with Gasteiger partial charge in [-0.15, -0.1) is 0 Å². The minimum atomic E-state index is 0.273. The molecule has 3 nitrogen and oxygen atoms in total. The number of unbranched alkanes of at least 4 members (excludes halogenated alkanes) is 4. The molecule has 0 spiro atoms. The molecule has 0 bridgehead atoms. The number of para-hydroxylation sites is 1. The van der Waals surface area contributed by atoms with Gasteiger partial charge in [0.2, 0.25) is 5.91 Å². The highest BCUT2D eigenvalue weighted by Crippen LogP contribution is 2.24. The van der Waals surface area contributed by atoms with E-state index >= 15 is 0 Å². The molecule has 0 saturated carbocycles. The summed E-state index contributed by atoms with van der Waals surface area (Å²) < 4.78 is 0. The Bertz CT molecular complexity index is 458. The van der Waals surface area contributed by atoms with Crippen molar-refractivity contribution in [2.45, 2.75) is 65.0 Å². The number of carbonyl (C=O) groups is 1. The average molecular weight is 288 g/mol. The Kier molecular flexibility index (Phi) is 6.24. The Balaban J connectivity index is 1.98. The largest absolute Gasteiger partial charge is 0.311 e. The third-order valence-corrected chi connectivity index (χ3v) is 4.18. The fourth-order valence-corrected chi connectivity index (χ4v) is 2.90. The van der Waals surface area contributed by atoms with Crippen molar-refractivity contribution in [3.05, 3.63) is 29.8 Å². The number of amides is 1. The monoisotopic (exact) mass is 288 g/mol. The number of benzene rings is 1. The number of rotatable bonds is 6. The van der Waals surface area contributed by atoms with E-state index in [4.69, 9.17) is 0 Å².